The number of aryl methyl sites for hydroxylation is 3. The van der Waals surface area contributed by atoms with Crippen LogP contribution < -0.4 is 30.9 Å². The van der Waals surface area contributed by atoms with Crippen molar-refractivity contribution in [1.29, 1.82) is 0 Å². The summed E-state index contributed by atoms with van der Waals surface area (Å²) in [6.45, 7) is 4.51. The molecule has 0 spiro atoms. The fraction of sp³-hybridized carbons (Fsp3) is 0.300. The number of pyridine rings is 3. The highest BCUT2D eigenvalue weighted by molar-refractivity contribution is 5.70. The summed E-state index contributed by atoms with van der Waals surface area (Å²) in [5, 5.41) is 0. The highest BCUT2D eigenvalue weighted by Gasteiger charge is 2.58. The van der Waals surface area contributed by atoms with Gasteiger partial charge in [-0.15, -0.1) is 0 Å². The van der Waals surface area contributed by atoms with Crippen molar-refractivity contribution in [2.24, 2.45) is 17.8 Å². The number of alkyl halides is 15. The van der Waals surface area contributed by atoms with Gasteiger partial charge < -0.3 is 14.2 Å². The number of halogens is 15. The molecule has 3 aliphatic rings. The quantitative estimate of drug-likeness (QED) is 0.110. The highest BCUT2D eigenvalue weighted by Crippen LogP contribution is 2.50. The number of ether oxygens (including phenoxy) is 3. The van der Waals surface area contributed by atoms with Crippen LogP contribution in [-0.4, -0.2) is 65.7 Å². The first kappa shape index (κ1) is 61.2. The Morgan fingerprint density at radius 2 is 0.621 bits per heavy atom. The van der Waals surface area contributed by atoms with Crippen LogP contribution in [0.2, 0.25) is 0 Å². The van der Waals surface area contributed by atoms with Gasteiger partial charge in [0.2, 0.25) is 0 Å². The Bertz CT molecular complexity index is 3840. The van der Waals surface area contributed by atoms with Crippen molar-refractivity contribution in [3.63, 3.8) is 0 Å². The molecule has 6 aromatic heterocycles. The molecular formula is C60H45F15N6O6. The van der Waals surface area contributed by atoms with E-state index in [-0.39, 0.29) is 90.0 Å². The lowest BCUT2D eigenvalue weighted by Crippen LogP contribution is -2.24. The SMILES string of the molecule is Cc1ccn2c(=O)c(-c3ccc(OCC4CC4(F)F)cc3)c(C(F)(F)F)nc2c1.Cc1ccn2c(=O)c(-c3ccc(OC[C@@H]4CC4(F)F)cc3)c(C(F)(F)F)nc2c1.Cc1ccn2c(=O)c(-c3ccc(OC[C@H]4CC4(F)F)cc3)c(C(F)(F)F)nc2c1. The van der Waals surface area contributed by atoms with Gasteiger partial charge in [-0.3, -0.25) is 27.6 Å². The van der Waals surface area contributed by atoms with E-state index in [1.165, 1.54) is 110 Å². The number of aromatic nitrogens is 6. The maximum Gasteiger partial charge on any atom is 0.434 e. The van der Waals surface area contributed by atoms with Crippen molar-refractivity contribution in [3.05, 3.63) is 193 Å². The Hall–Kier alpha value is -8.91. The Kier molecular flexibility index (Phi) is 15.8. The van der Waals surface area contributed by atoms with Gasteiger partial charge in [-0.05, 0) is 127 Å². The smallest absolute Gasteiger partial charge is 0.434 e. The Morgan fingerprint density at radius 1 is 0.402 bits per heavy atom. The summed E-state index contributed by atoms with van der Waals surface area (Å²) in [4.78, 5) is 49.4. The minimum absolute atomic E-state index is 0.00824. The van der Waals surface area contributed by atoms with Gasteiger partial charge in [-0.25, -0.2) is 41.3 Å². The summed E-state index contributed by atoms with van der Waals surface area (Å²) in [6.07, 6.45) is -11.1. The van der Waals surface area contributed by atoms with Crippen LogP contribution in [0.3, 0.4) is 0 Å². The summed E-state index contributed by atoms with van der Waals surface area (Å²) in [5.41, 5.74) is -6.42. The number of benzene rings is 3. The van der Waals surface area contributed by atoms with Gasteiger partial charge in [-0.2, -0.15) is 39.5 Å². The summed E-state index contributed by atoms with van der Waals surface area (Å²) in [7, 11) is 0. The zero-order valence-electron chi connectivity index (χ0n) is 45.4. The molecule has 12 rings (SSSR count). The van der Waals surface area contributed by atoms with Crippen molar-refractivity contribution in [2.45, 2.75) is 76.3 Å². The summed E-state index contributed by atoms with van der Waals surface area (Å²) < 4.78 is 219. The molecular weight excluding hydrogens is 1190 g/mol. The number of nitrogens with zero attached hydrogens (tertiary/aromatic N) is 6. The molecule has 3 atom stereocenters. The first-order valence-corrected chi connectivity index (χ1v) is 26.3. The molecule has 3 aromatic carbocycles. The zero-order chi connectivity index (χ0) is 62.9. The van der Waals surface area contributed by atoms with Crippen LogP contribution in [0.5, 0.6) is 17.2 Å². The van der Waals surface area contributed by atoms with Crippen LogP contribution in [0.4, 0.5) is 65.9 Å². The van der Waals surface area contributed by atoms with E-state index in [0.29, 0.717) is 16.7 Å². The summed E-state index contributed by atoms with van der Waals surface area (Å²) >= 11 is 0. The first-order valence-electron chi connectivity index (χ1n) is 26.3. The molecule has 3 aliphatic carbocycles. The van der Waals surface area contributed by atoms with Crippen molar-refractivity contribution in [2.75, 3.05) is 19.8 Å². The van der Waals surface area contributed by atoms with Crippen LogP contribution in [0.15, 0.2) is 142 Å². The Morgan fingerprint density at radius 3 is 0.816 bits per heavy atom. The molecule has 9 aromatic rings. The maximum absolute atomic E-state index is 13.6. The van der Waals surface area contributed by atoms with Gasteiger partial charge >= 0.3 is 18.5 Å². The largest absolute Gasteiger partial charge is 0.493 e. The van der Waals surface area contributed by atoms with Crippen molar-refractivity contribution < 1.29 is 80.1 Å². The van der Waals surface area contributed by atoms with Gasteiger partial charge in [0.1, 0.15) is 34.2 Å². The minimum Gasteiger partial charge on any atom is -0.493 e. The minimum atomic E-state index is -4.83. The molecule has 3 saturated carbocycles. The van der Waals surface area contributed by atoms with Crippen LogP contribution in [-0.2, 0) is 18.5 Å². The Balaban J connectivity index is 0.000000144. The molecule has 0 N–H and O–H groups in total. The van der Waals surface area contributed by atoms with Gasteiger partial charge in [0.05, 0.1) is 54.3 Å². The highest BCUT2D eigenvalue weighted by atomic mass is 19.4. The second-order valence-electron chi connectivity index (χ2n) is 21.2. The molecule has 1 unspecified atom stereocenters. The van der Waals surface area contributed by atoms with E-state index in [9.17, 15) is 80.2 Å². The van der Waals surface area contributed by atoms with Crippen molar-refractivity contribution in [3.8, 4) is 50.6 Å². The van der Waals surface area contributed by atoms with E-state index in [1.54, 1.807) is 39.0 Å². The lowest BCUT2D eigenvalue weighted by molar-refractivity contribution is -0.141. The molecule has 12 nitrogen and oxygen atoms in total. The van der Waals surface area contributed by atoms with E-state index >= 15 is 0 Å². The second kappa shape index (κ2) is 22.4. The van der Waals surface area contributed by atoms with E-state index in [0.717, 1.165) is 13.2 Å². The maximum atomic E-state index is 13.6. The Labute approximate surface area is 481 Å². The second-order valence-corrected chi connectivity index (χ2v) is 21.2. The summed E-state index contributed by atoms with van der Waals surface area (Å²) in [6, 6.07) is 24.8. The summed E-state index contributed by atoms with van der Waals surface area (Å²) in [5.74, 6) is -10.0. The zero-order valence-corrected chi connectivity index (χ0v) is 45.4. The molecule has 0 amide bonds. The molecule has 456 valence electrons. The third kappa shape index (κ3) is 13.4. The fourth-order valence-corrected chi connectivity index (χ4v) is 9.21. The lowest BCUT2D eigenvalue weighted by atomic mass is 10.0. The first-order chi connectivity index (χ1) is 40.7. The molecule has 0 saturated heterocycles. The molecule has 0 bridgehead atoms. The van der Waals surface area contributed by atoms with Gasteiger partial charge in [0.25, 0.3) is 34.4 Å². The lowest BCUT2D eigenvalue weighted by Gasteiger charge is -2.14. The van der Waals surface area contributed by atoms with E-state index in [4.69, 9.17) is 14.2 Å². The van der Waals surface area contributed by atoms with Gasteiger partial charge in [0.15, 0.2) is 17.1 Å². The average Bonchev–Trinajstić information content (AvgIpc) is 2.07. The predicted octanol–water partition coefficient (Wildman–Crippen LogP) is 14.2. The van der Waals surface area contributed by atoms with E-state index in [2.05, 4.69) is 15.0 Å². The normalized spacial score (nSPS) is 18.1. The number of hydrogen-bond acceptors (Lipinski definition) is 9. The van der Waals surface area contributed by atoms with Crippen LogP contribution in [0, 0.1) is 38.5 Å². The monoisotopic (exact) mass is 1230 g/mol. The fourth-order valence-electron chi connectivity index (χ4n) is 9.21. The number of hydrogen-bond donors (Lipinski definition) is 0. The van der Waals surface area contributed by atoms with Crippen molar-refractivity contribution in [1.82, 2.24) is 28.2 Å². The standard InChI is InChI=1S/3C20H15F5N2O2/c3*1-11-6-7-27-15(8-11)26-17(20(23,24)25)16(18(27)28)12-2-4-14(5-3-12)29-10-13-9-19(13,21)22/h3*2-8,13H,9-10H2,1H3/t2*13-;/m10./s1. The molecule has 6 heterocycles. The van der Waals surface area contributed by atoms with Gasteiger partial charge in [0, 0.05) is 37.9 Å². The molecule has 0 radical (unpaired) electrons. The third-order valence-corrected chi connectivity index (χ3v) is 14.4. The van der Waals surface area contributed by atoms with Gasteiger partial charge in [-0.1, -0.05) is 36.4 Å². The van der Waals surface area contributed by atoms with Crippen molar-refractivity contribution >= 4 is 16.9 Å². The predicted molar refractivity (Wildman–Crippen MR) is 286 cm³/mol. The number of fused-ring (bicyclic) bond motifs is 3. The van der Waals surface area contributed by atoms with Crippen LogP contribution >= 0.6 is 0 Å². The molecule has 0 aliphatic heterocycles. The van der Waals surface area contributed by atoms with E-state index in [1.807, 2.05) is 0 Å². The molecule has 27 heteroatoms. The van der Waals surface area contributed by atoms with Crippen LogP contribution in [0.25, 0.3) is 50.3 Å². The van der Waals surface area contributed by atoms with Crippen LogP contribution in [0.1, 0.15) is 53.0 Å². The number of rotatable bonds is 12. The topological polar surface area (TPSA) is 131 Å². The average molecular weight is 1230 g/mol. The third-order valence-electron chi connectivity index (χ3n) is 14.4. The van der Waals surface area contributed by atoms with E-state index < -0.39 is 105 Å². The molecule has 3 fully saturated rings. The molecule has 87 heavy (non-hydrogen) atoms.